The van der Waals surface area contributed by atoms with E-state index >= 15 is 0 Å². The molecule has 1 aromatic heterocycles. The van der Waals surface area contributed by atoms with Crippen molar-refractivity contribution < 1.29 is 18.6 Å². The minimum Gasteiger partial charge on any atom is -0.493 e. The van der Waals surface area contributed by atoms with Crippen LogP contribution in [-0.4, -0.2) is 23.3 Å². The van der Waals surface area contributed by atoms with Gasteiger partial charge >= 0.3 is 0 Å². The molecule has 0 amide bonds. The molecule has 156 valence electrons. The zero-order valence-corrected chi connectivity index (χ0v) is 16.9. The van der Waals surface area contributed by atoms with Crippen LogP contribution in [0.1, 0.15) is 17.5 Å². The Morgan fingerprint density at radius 2 is 1.81 bits per heavy atom. The predicted octanol–water partition coefficient (Wildman–Crippen LogP) is 5.72. The molecule has 0 atom stereocenters. The number of nitrogens with one attached hydrogen (secondary N) is 1. The van der Waals surface area contributed by atoms with Crippen LogP contribution in [0, 0.1) is 29.9 Å². The van der Waals surface area contributed by atoms with Crippen LogP contribution in [0.5, 0.6) is 5.75 Å². The van der Waals surface area contributed by atoms with Crippen LogP contribution in [0.25, 0.3) is 33.3 Å². The number of nitriles is 1. The van der Waals surface area contributed by atoms with Crippen molar-refractivity contribution in [1.29, 1.82) is 5.26 Å². The van der Waals surface area contributed by atoms with Gasteiger partial charge in [0.25, 0.3) is 0 Å². The molecule has 0 saturated carbocycles. The van der Waals surface area contributed by atoms with E-state index in [2.05, 4.69) is 11.1 Å². The van der Waals surface area contributed by atoms with Crippen LogP contribution in [0.2, 0.25) is 0 Å². The second kappa shape index (κ2) is 8.58. The number of aromatic amines is 1. The summed E-state index contributed by atoms with van der Waals surface area (Å²) >= 11 is 0. The molecule has 6 heteroatoms. The highest BCUT2D eigenvalue weighted by Crippen LogP contribution is 2.34. The molecule has 0 aliphatic rings. The van der Waals surface area contributed by atoms with E-state index in [1.54, 1.807) is 12.1 Å². The van der Waals surface area contributed by atoms with Crippen LogP contribution in [0.15, 0.2) is 54.6 Å². The van der Waals surface area contributed by atoms with Gasteiger partial charge in [-0.1, -0.05) is 12.1 Å². The average Bonchev–Trinajstić information content (AvgIpc) is 3.16. The fraction of sp³-hybridized carbons (Fsp3) is 0.160. The van der Waals surface area contributed by atoms with E-state index in [9.17, 15) is 8.78 Å². The zero-order chi connectivity index (χ0) is 22.0. The normalized spacial score (nSPS) is 10.9. The van der Waals surface area contributed by atoms with Crippen molar-refractivity contribution >= 4 is 10.9 Å². The SMILES string of the molecule is Cc1cc(C#N)ccc1-c1ccc2[nH]c(-c3c(F)cc(OCCCO)cc3F)cc2c1. The largest absolute Gasteiger partial charge is 0.493 e. The Hall–Kier alpha value is -3.69. The van der Waals surface area contributed by atoms with E-state index in [0.717, 1.165) is 39.7 Å². The van der Waals surface area contributed by atoms with Gasteiger partial charge in [-0.2, -0.15) is 5.26 Å². The van der Waals surface area contributed by atoms with Gasteiger partial charge in [0, 0.05) is 36.1 Å². The summed E-state index contributed by atoms with van der Waals surface area (Å²) in [6.45, 7) is 2.07. The molecular weight excluding hydrogens is 398 g/mol. The third-order valence-corrected chi connectivity index (χ3v) is 5.14. The van der Waals surface area contributed by atoms with Crippen LogP contribution < -0.4 is 4.74 Å². The molecule has 0 unspecified atom stereocenters. The topological polar surface area (TPSA) is 69.0 Å². The molecule has 3 aromatic carbocycles. The summed E-state index contributed by atoms with van der Waals surface area (Å²) in [5, 5.41) is 18.7. The van der Waals surface area contributed by atoms with E-state index < -0.39 is 11.6 Å². The van der Waals surface area contributed by atoms with Crippen molar-refractivity contribution in [2.45, 2.75) is 13.3 Å². The second-order valence-electron chi connectivity index (χ2n) is 7.31. The van der Waals surface area contributed by atoms with Crippen molar-refractivity contribution in [3.63, 3.8) is 0 Å². The van der Waals surface area contributed by atoms with Gasteiger partial charge in [0.2, 0.25) is 0 Å². The van der Waals surface area contributed by atoms with E-state index in [1.807, 2.05) is 37.3 Å². The van der Waals surface area contributed by atoms with Gasteiger partial charge in [0.15, 0.2) is 0 Å². The van der Waals surface area contributed by atoms with Crippen LogP contribution in [0.4, 0.5) is 8.78 Å². The predicted molar refractivity (Wildman–Crippen MR) is 116 cm³/mol. The molecule has 0 spiro atoms. The highest BCUT2D eigenvalue weighted by molar-refractivity contribution is 5.90. The van der Waals surface area contributed by atoms with E-state index in [1.165, 1.54) is 0 Å². The monoisotopic (exact) mass is 418 g/mol. The molecular formula is C25H20F2N2O2. The van der Waals surface area contributed by atoms with Crippen molar-refractivity contribution in [2.24, 2.45) is 0 Å². The van der Waals surface area contributed by atoms with Crippen molar-refractivity contribution in [1.82, 2.24) is 4.98 Å². The third-order valence-electron chi connectivity index (χ3n) is 5.14. The lowest BCUT2D eigenvalue weighted by atomic mass is 9.98. The molecule has 31 heavy (non-hydrogen) atoms. The number of rotatable bonds is 6. The first-order valence-electron chi connectivity index (χ1n) is 9.87. The molecule has 1 heterocycles. The van der Waals surface area contributed by atoms with Gasteiger partial charge in [0.1, 0.15) is 17.4 Å². The first kappa shape index (κ1) is 20.6. The van der Waals surface area contributed by atoms with E-state index in [4.69, 9.17) is 15.1 Å². The molecule has 2 N–H and O–H groups in total. The van der Waals surface area contributed by atoms with Gasteiger partial charge in [-0.15, -0.1) is 0 Å². The average molecular weight is 418 g/mol. The van der Waals surface area contributed by atoms with Crippen LogP contribution in [0.3, 0.4) is 0 Å². The standard InChI is InChI=1S/C25H20F2N2O2/c1-15-9-16(14-28)3-5-20(15)17-4-6-23-18(10-17)11-24(29-23)25-21(26)12-19(13-22(25)27)31-8-2-7-30/h3-6,9-13,29-30H,2,7-8H2,1H3. The maximum atomic E-state index is 14.7. The fourth-order valence-corrected chi connectivity index (χ4v) is 3.64. The number of aryl methyl sites for hydroxylation is 1. The summed E-state index contributed by atoms with van der Waals surface area (Å²) in [4.78, 5) is 3.08. The smallest absolute Gasteiger partial charge is 0.139 e. The molecule has 0 aliphatic carbocycles. The summed E-state index contributed by atoms with van der Waals surface area (Å²) in [6, 6.07) is 17.4. The van der Waals surface area contributed by atoms with Gasteiger partial charge in [-0.25, -0.2) is 8.78 Å². The summed E-state index contributed by atoms with van der Waals surface area (Å²) in [7, 11) is 0. The third kappa shape index (κ3) is 4.14. The van der Waals surface area contributed by atoms with Crippen LogP contribution in [-0.2, 0) is 0 Å². The zero-order valence-electron chi connectivity index (χ0n) is 16.9. The number of fused-ring (bicyclic) bond motifs is 1. The molecule has 4 nitrogen and oxygen atoms in total. The first-order valence-corrected chi connectivity index (χ1v) is 9.87. The van der Waals surface area contributed by atoms with Gasteiger partial charge < -0.3 is 14.8 Å². The Morgan fingerprint density at radius 3 is 2.48 bits per heavy atom. The van der Waals surface area contributed by atoms with Crippen molar-refractivity contribution in [2.75, 3.05) is 13.2 Å². The quantitative estimate of drug-likeness (QED) is 0.394. The number of aliphatic hydroxyl groups is 1. The number of nitrogens with zero attached hydrogens (tertiary/aromatic N) is 1. The van der Waals surface area contributed by atoms with Crippen molar-refractivity contribution in [3.05, 3.63) is 77.4 Å². The van der Waals surface area contributed by atoms with Gasteiger partial charge in [-0.05, 0) is 53.9 Å². The number of benzene rings is 3. The number of H-pyrrole nitrogens is 1. The summed E-state index contributed by atoms with van der Waals surface area (Å²) in [6.07, 6.45) is 0.383. The number of ether oxygens (including phenoxy) is 1. The Bertz CT molecular complexity index is 1280. The number of halogens is 2. The Morgan fingerprint density at radius 1 is 1.03 bits per heavy atom. The number of aromatic nitrogens is 1. The molecule has 0 saturated heterocycles. The van der Waals surface area contributed by atoms with Crippen LogP contribution >= 0.6 is 0 Å². The lowest BCUT2D eigenvalue weighted by molar-refractivity contribution is 0.233. The minimum absolute atomic E-state index is 0.0535. The second-order valence-corrected chi connectivity index (χ2v) is 7.31. The Kier molecular flexibility index (Phi) is 5.70. The van der Waals surface area contributed by atoms with Gasteiger partial charge in [0.05, 0.1) is 29.5 Å². The van der Waals surface area contributed by atoms with Crippen molar-refractivity contribution in [3.8, 4) is 34.2 Å². The number of aliphatic hydroxyl groups excluding tert-OH is 1. The summed E-state index contributed by atoms with van der Waals surface area (Å²) in [5.41, 5.74) is 4.46. The minimum atomic E-state index is -0.728. The summed E-state index contributed by atoms with van der Waals surface area (Å²) in [5.74, 6) is -1.37. The Balaban J connectivity index is 1.70. The summed E-state index contributed by atoms with van der Waals surface area (Å²) < 4.78 is 34.7. The van der Waals surface area contributed by atoms with E-state index in [0.29, 0.717) is 17.7 Å². The molecule has 0 fully saturated rings. The fourth-order valence-electron chi connectivity index (χ4n) is 3.64. The molecule has 4 rings (SSSR count). The number of hydrogen-bond acceptors (Lipinski definition) is 3. The Labute approximate surface area is 178 Å². The lowest BCUT2D eigenvalue weighted by Crippen LogP contribution is -2.01. The molecule has 0 bridgehead atoms. The lowest BCUT2D eigenvalue weighted by Gasteiger charge is -2.08. The molecule has 0 radical (unpaired) electrons. The first-order chi connectivity index (χ1) is 15.0. The molecule has 0 aliphatic heterocycles. The maximum absolute atomic E-state index is 14.7. The number of hydrogen-bond donors (Lipinski definition) is 2. The van der Waals surface area contributed by atoms with E-state index in [-0.39, 0.29) is 24.5 Å². The van der Waals surface area contributed by atoms with Gasteiger partial charge in [-0.3, -0.25) is 0 Å². The maximum Gasteiger partial charge on any atom is 0.139 e. The highest BCUT2D eigenvalue weighted by atomic mass is 19.1. The highest BCUT2D eigenvalue weighted by Gasteiger charge is 2.17. The molecule has 4 aromatic rings.